The largest absolute Gasteiger partial charge is 0.480 e. The Kier molecular flexibility index (Phi) is 5.61. The standard InChI is InChI=1S/C14H17F2NO3/c1-3-9(2)17(8-14(19)20)13(18)7-10-6-11(15)4-5-12(10)16/h4-6,9H,3,7-8H2,1-2H3,(H,19,20). The first kappa shape index (κ1) is 16.1. The Balaban J connectivity index is 2.90. The van der Waals surface area contributed by atoms with Gasteiger partial charge in [0, 0.05) is 11.6 Å². The SMILES string of the molecule is CCC(C)N(CC(=O)O)C(=O)Cc1cc(F)ccc1F. The lowest BCUT2D eigenvalue weighted by molar-refractivity contribution is -0.145. The normalized spacial score (nSPS) is 12.0. The van der Waals surface area contributed by atoms with E-state index in [2.05, 4.69) is 0 Å². The summed E-state index contributed by atoms with van der Waals surface area (Å²) < 4.78 is 26.5. The van der Waals surface area contributed by atoms with E-state index in [-0.39, 0.29) is 18.0 Å². The van der Waals surface area contributed by atoms with Crippen LogP contribution < -0.4 is 0 Å². The van der Waals surface area contributed by atoms with Crippen molar-refractivity contribution in [2.24, 2.45) is 0 Å². The lowest BCUT2D eigenvalue weighted by Gasteiger charge is -2.27. The molecule has 4 nitrogen and oxygen atoms in total. The minimum atomic E-state index is -1.14. The zero-order valence-electron chi connectivity index (χ0n) is 11.4. The van der Waals surface area contributed by atoms with Crippen LogP contribution in [0.5, 0.6) is 0 Å². The van der Waals surface area contributed by atoms with Gasteiger partial charge in [0.05, 0.1) is 6.42 Å². The van der Waals surface area contributed by atoms with Gasteiger partial charge >= 0.3 is 5.97 Å². The Hall–Kier alpha value is -1.98. The second-order valence-electron chi connectivity index (χ2n) is 4.59. The van der Waals surface area contributed by atoms with Gasteiger partial charge < -0.3 is 10.0 Å². The minimum absolute atomic E-state index is 0.0753. The summed E-state index contributed by atoms with van der Waals surface area (Å²) in [5, 5.41) is 8.81. The van der Waals surface area contributed by atoms with Gasteiger partial charge in [-0.3, -0.25) is 9.59 Å². The van der Waals surface area contributed by atoms with Crippen LogP contribution in [-0.2, 0) is 16.0 Å². The second kappa shape index (κ2) is 6.98. The summed E-state index contributed by atoms with van der Waals surface area (Å²) in [7, 11) is 0. The number of benzene rings is 1. The zero-order valence-corrected chi connectivity index (χ0v) is 11.4. The van der Waals surface area contributed by atoms with Gasteiger partial charge in [0.25, 0.3) is 0 Å². The number of hydrogen-bond acceptors (Lipinski definition) is 2. The predicted octanol–water partition coefficient (Wildman–Crippen LogP) is 2.22. The molecule has 0 saturated heterocycles. The van der Waals surface area contributed by atoms with E-state index in [1.54, 1.807) is 6.92 Å². The van der Waals surface area contributed by atoms with Crippen LogP contribution in [0.2, 0.25) is 0 Å². The number of aliphatic carboxylic acids is 1. The average molecular weight is 285 g/mol. The average Bonchev–Trinajstić information content (AvgIpc) is 2.39. The number of amides is 1. The van der Waals surface area contributed by atoms with Gasteiger partial charge in [0.15, 0.2) is 0 Å². The molecule has 0 aliphatic carbocycles. The Bertz CT molecular complexity index is 505. The highest BCUT2D eigenvalue weighted by Crippen LogP contribution is 2.13. The number of carbonyl (C=O) groups is 2. The maximum Gasteiger partial charge on any atom is 0.323 e. The number of rotatable bonds is 6. The van der Waals surface area contributed by atoms with Gasteiger partial charge in [-0.05, 0) is 31.5 Å². The fourth-order valence-electron chi connectivity index (χ4n) is 1.80. The molecule has 1 aromatic rings. The van der Waals surface area contributed by atoms with E-state index in [1.807, 2.05) is 6.92 Å². The minimum Gasteiger partial charge on any atom is -0.480 e. The van der Waals surface area contributed by atoms with Gasteiger partial charge in [0.1, 0.15) is 18.2 Å². The van der Waals surface area contributed by atoms with E-state index in [0.717, 1.165) is 23.1 Å². The van der Waals surface area contributed by atoms with Crippen molar-refractivity contribution < 1.29 is 23.5 Å². The van der Waals surface area contributed by atoms with Crippen molar-refractivity contribution >= 4 is 11.9 Å². The monoisotopic (exact) mass is 285 g/mol. The fraction of sp³-hybridized carbons (Fsp3) is 0.429. The van der Waals surface area contributed by atoms with Crippen LogP contribution in [0.4, 0.5) is 8.78 Å². The highest BCUT2D eigenvalue weighted by atomic mass is 19.1. The van der Waals surface area contributed by atoms with Gasteiger partial charge in [0.2, 0.25) is 5.91 Å². The topological polar surface area (TPSA) is 57.6 Å². The number of nitrogens with zero attached hydrogens (tertiary/aromatic N) is 1. The predicted molar refractivity (Wildman–Crippen MR) is 69.2 cm³/mol. The van der Waals surface area contributed by atoms with E-state index in [1.165, 1.54) is 0 Å². The number of carboxylic acid groups (broad SMARTS) is 1. The molecule has 1 rings (SSSR count). The quantitative estimate of drug-likeness (QED) is 0.872. The van der Waals surface area contributed by atoms with Crippen LogP contribution in [-0.4, -0.2) is 34.5 Å². The molecule has 0 radical (unpaired) electrons. The first-order valence-electron chi connectivity index (χ1n) is 6.30. The molecule has 1 aromatic carbocycles. The van der Waals surface area contributed by atoms with Crippen molar-refractivity contribution in [3.63, 3.8) is 0 Å². The van der Waals surface area contributed by atoms with Crippen LogP contribution in [0, 0.1) is 11.6 Å². The third-order valence-electron chi connectivity index (χ3n) is 3.10. The van der Waals surface area contributed by atoms with Crippen LogP contribution in [0.1, 0.15) is 25.8 Å². The smallest absolute Gasteiger partial charge is 0.323 e. The molecular formula is C14H17F2NO3. The zero-order chi connectivity index (χ0) is 15.3. The fourth-order valence-corrected chi connectivity index (χ4v) is 1.80. The van der Waals surface area contributed by atoms with E-state index in [9.17, 15) is 18.4 Å². The molecule has 0 fully saturated rings. The summed E-state index contributed by atoms with van der Waals surface area (Å²) in [6, 6.07) is 2.58. The summed E-state index contributed by atoms with van der Waals surface area (Å²) >= 11 is 0. The van der Waals surface area contributed by atoms with E-state index < -0.39 is 30.1 Å². The summed E-state index contributed by atoms with van der Waals surface area (Å²) in [6.07, 6.45) is 0.214. The molecule has 1 atom stereocenters. The molecular weight excluding hydrogens is 268 g/mol. The molecule has 1 amide bonds. The molecule has 20 heavy (non-hydrogen) atoms. The Morgan fingerprint density at radius 2 is 2.00 bits per heavy atom. The second-order valence-corrected chi connectivity index (χ2v) is 4.59. The van der Waals surface area contributed by atoms with Crippen LogP contribution in [0.15, 0.2) is 18.2 Å². The number of hydrogen-bond donors (Lipinski definition) is 1. The van der Waals surface area contributed by atoms with Crippen LogP contribution in [0.3, 0.4) is 0 Å². The third kappa shape index (κ3) is 4.29. The highest BCUT2D eigenvalue weighted by molar-refractivity contribution is 5.83. The van der Waals surface area contributed by atoms with Crippen molar-refractivity contribution in [3.8, 4) is 0 Å². The van der Waals surface area contributed by atoms with Gasteiger partial charge in [-0.1, -0.05) is 6.92 Å². The number of carboxylic acids is 1. The number of carbonyl (C=O) groups excluding carboxylic acids is 1. The van der Waals surface area contributed by atoms with Crippen molar-refractivity contribution in [3.05, 3.63) is 35.4 Å². The molecule has 0 bridgehead atoms. The summed E-state index contributed by atoms with van der Waals surface area (Å²) in [5.74, 6) is -2.99. The van der Waals surface area contributed by atoms with Crippen LogP contribution >= 0.6 is 0 Å². The third-order valence-corrected chi connectivity index (χ3v) is 3.10. The molecule has 0 heterocycles. The molecule has 110 valence electrons. The highest BCUT2D eigenvalue weighted by Gasteiger charge is 2.22. The Morgan fingerprint density at radius 1 is 1.35 bits per heavy atom. The van der Waals surface area contributed by atoms with Crippen molar-refractivity contribution in [2.75, 3.05) is 6.54 Å². The molecule has 6 heteroatoms. The van der Waals surface area contributed by atoms with Gasteiger partial charge in [-0.15, -0.1) is 0 Å². The summed E-state index contributed by atoms with van der Waals surface area (Å²) in [5.41, 5.74) is -0.0753. The molecule has 0 aliphatic rings. The summed E-state index contributed by atoms with van der Waals surface area (Å²) in [4.78, 5) is 24.0. The maximum atomic E-state index is 13.5. The maximum absolute atomic E-state index is 13.5. The Morgan fingerprint density at radius 3 is 2.55 bits per heavy atom. The van der Waals surface area contributed by atoms with Gasteiger partial charge in [-0.2, -0.15) is 0 Å². The first-order valence-corrected chi connectivity index (χ1v) is 6.30. The summed E-state index contributed by atoms with van der Waals surface area (Å²) in [6.45, 7) is 3.07. The first-order chi connectivity index (χ1) is 9.35. The van der Waals surface area contributed by atoms with E-state index in [4.69, 9.17) is 5.11 Å². The molecule has 0 spiro atoms. The Labute approximate surface area is 116 Å². The van der Waals surface area contributed by atoms with Crippen molar-refractivity contribution in [1.82, 2.24) is 4.90 Å². The van der Waals surface area contributed by atoms with E-state index >= 15 is 0 Å². The number of halogens is 2. The van der Waals surface area contributed by atoms with Crippen LogP contribution in [0.25, 0.3) is 0 Å². The van der Waals surface area contributed by atoms with Crippen molar-refractivity contribution in [2.45, 2.75) is 32.7 Å². The molecule has 0 aliphatic heterocycles. The van der Waals surface area contributed by atoms with Crippen molar-refractivity contribution in [1.29, 1.82) is 0 Å². The molecule has 1 N–H and O–H groups in total. The molecule has 0 saturated carbocycles. The van der Waals surface area contributed by atoms with E-state index in [0.29, 0.717) is 6.42 Å². The lowest BCUT2D eigenvalue weighted by atomic mass is 10.1. The van der Waals surface area contributed by atoms with Gasteiger partial charge in [-0.25, -0.2) is 8.78 Å². The molecule has 1 unspecified atom stereocenters. The molecule has 0 aromatic heterocycles. The lowest BCUT2D eigenvalue weighted by Crippen LogP contribution is -2.42.